The minimum absolute atomic E-state index is 0.833. The lowest BCUT2D eigenvalue weighted by molar-refractivity contribution is -0.473. The molecule has 0 saturated heterocycles. The maximum atomic E-state index is 13.3. The number of rotatable bonds is 10. The molecule has 23 heteroatoms. The van der Waals surface area contributed by atoms with E-state index >= 15 is 0 Å². The summed E-state index contributed by atoms with van der Waals surface area (Å²) in [6.45, 7) is 4.63. The predicted molar refractivity (Wildman–Crippen MR) is 78.6 cm³/mol. The van der Waals surface area contributed by atoms with Crippen molar-refractivity contribution in [1.29, 1.82) is 0 Å². The molecular weight excluding hydrogens is 611 g/mol. The first-order valence-electron chi connectivity index (χ1n) is 8.04. The van der Waals surface area contributed by atoms with Gasteiger partial charge in [-0.1, -0.05) is 13.2 Å². The maximum Gasteiger partial charge on any atom is 0.460 e. The number of alkyl halides is 21. The normalized spacial score (nSPS) is 15.4. The molecule has 0 aromatic rings. The van der Waals surface area contributed by atoms with Crippen LogP contribution < -0.4 is 0 Å². The molecule has 0 amide bonds. The number of aliphatic carboxylic acids is 1. The maximum absolute atomic E-state index is 13.3. The van der Waals surface area contributed by atoms with Crippen LogP contribution in [0.1, 0.15) is 0 Å². The fourth-order valence-electron chi connectivity index (χ4n) is 1.70. The van der Waals surface area contributed by atoms with Crippen LogP contribution in [0.5, 0.6) is 0 Å². The van der Waals surface area contributed by atoms with E-state index in [-0.39, 0.29) is 0 Å². The molecule has 0 fully saturated rings. The summed E-state index contributed by atoms with van der Waals surface area (Å²) in [4.78, 5) is 9.25. The van der Waals surface area contributed by atoms with Crippen LogP contribution in [-0.4, -0.2) is 70.6 Å². The third-order valence-corrected chi connectivity index (χ3v) is 3.97. The number of allylic oxidation sites excluding steroid dienone is 1. The van der Waals surface area contributed by atoms with Crippen LogP contribution in [0.4, 0.5) is 92.2 Å². The molecule has 0 atom stereocenters. The van der Waals surface area contributed by atoms with Gasteiger partial charge in [0.2, 0.25) is 0 Å². The van der Waals surface area contributed by atoms with Crippen LogP contribution in [-0.2, 0) is 4.79 Å². The zero-order valence-electron chi connectivity index (χ0n) is 16.9. The van der Waals surface area contributed by atoms with Crippen LogP contribution in [0.15, 0.2) is 25.3 Å². The summed E-state index contributed by atoms with van der Waals surface area (Å²) in [7, 11) is 0. The van der Waals surface area contributed by atoms with E-state index in [1.165, 1.54) is 0 Å². The van der Waals surface area contributed by atoms with E-state index in [0.717, 1.165) is 6.08 Å². The number of carboxylic acid groups (broad SMARTS) is 1. The van der Waals surface area contributed by atoms with Gasteiger partial charge in [-0.2, -0.15) is 92.2 Å². The molecule has 38 heavy (non-hydrogen) atoms. The second kappa shape index (κ2) is 9.90. The quantitative estimate of drug-likeness (QED) is 0.155. The summed E-state index contributed by atoms with van der Waals surface area (Å²) in [5.74, 6) is -77.7. The van der Waals surface area contributed by atoms with Crippen molar-refractivity contribution in [2.45, 2.75) is 59.5 Å². The van der Waals surface area contributed by atoms with Gasteiger partial charge in [0.1, 0.15) is 0 Å². The molecule has 0 saturated carbocycles. The van der Waals surface area contributed by atoms with Crippen LogP contribution in [0.3, 0.4) is 0 Å². The van der Waals surface area contributed by atoms with Gasteiger partial charge in [0.05, 0.1) is 0 Å². The third kappa shape index (κ3) is 5.07. The number of hydrogen-bond acceptors (Lipinski definition) is 1. The largest absolute Gasteiger partial charge is 0.478 e. The molecule has 0 bridgehead atoms. The van der Waals surface area contributed by atoms with Gasteiger partial charge in [0.25, 0.3) is 0 Å². The highest BCUT2D eigenvalue weighted by molar-refractivity contribution is 5.78. The van der Waals surface area contributed by atoms with Gasteiger partial charge in [-0.05, 0) is 6.08 Å². The molecule has 0 spiro atoms. The smallest absolute Gasteiger partial charge is 0.460 e. The molecular formula is C15H7F21O2. The zero-order valence-corrected chi connectivity index (χ0v) is 16.9. The Kier molecular flexibility index (Phi) is 9.80. The van der Waals surface area contributed by atoms with E-state index in [4.69, 9.17) is 5.11 Å². The van der Waals surface area contributed by atoms with Crippen molar-refractivity contribution in [3.05, 3.63) is 25.3 Å². The summed E-state index contributed by atoms with van der Waals surface area (Å²) in [5.41, 5.74) is 0. The van der Waals surface area contributed by atoms with Gasteiger partial charge in [-0.15, -0.1) is 0 Å². The van der Waals surface area contributed by atoms with Crippen molar-refractivity contribution in [2.24, 2.45) is 0 Å². The van der Waals surface area contributed by atoms with Gasteiger partial charge < -0.3 is 5.11 Å². The average molecular weight is 618 g/mol. The summed E-state index contributed by atoms with van der Waals surface area (Å²) < 4.78 is 270. The lowest BCUT2D eigenvalue weighted by atomic mass is 9.86. The van der Waals surface area contributed by atoms with Crippen LogP contribution in [0.25, 0.3) is 0 Å². The molecule has 0 aliphatic heterocycles. The van der Waals surface area contributed by atoms with E-state index in [9.17, 15) is 97.0 Å². The molecule has 1 N–H and O–H groups in total. The minimum atomic E-state index is -9.15. The number of hydrogen-bond donors (Lipinski definition) is 1. The molecule has 0 aliphatic rings. The SMILES string of the molecule is C=CC(=O)O.C=CC(F)(F)C(F)(F)C(F)(F)C(F)(F)C(F)(F)C(F)(F)C(F)(F)C(F)(F)C(F)(F)C(F)(F)F. The summed E-state index contributed by atoms with van der Waals surface area (Å²) in [5, 5.41) is 7.60. The molecule has 0 rings (SSSR count). The van der Waals surface area contributed by atoms with Gasteiger partial charge in [0.15, 0.2) is 0 Å². The molecule has 0 aliphatic carbocycles. The van der Waals surface area contributed by atoms with E-state index in [1.807, 2.05) is 0 Å². The van der Waals surface area contributed by atoms with Gasteiger partial charge in [-0.3, -0.25) is 0 Å². The second-order valence-electron chi connectivity index (χ2n) is 6.46. The Morgan fingerprint density at radius 3 is 0.789 bits per heavy atom. The molecule has 0 unspecified atom stereocenters. The van der Waals surface area contributed by atoms with E-state index in [2.05, 4.69) is 6.58 Å². The van der Waals surface area contributed by atoms with Crippen molar-refractivity contribution in [1.82, 2.24) is 0 Å². The van der Waals surface area contributed by atoms with E-state index < -0.39 is 71.5 Å². The van der Waals surface area contributed by atoms with Crippen molar-refractivity contribution >= 4 is 5.97 Å². The van der Waals surface area contributed by atoms with Crippen molar-refractivity contribution < 1.29 is 102 Å². The Morgan fingerprint density at radius 2 is 0.632 bits per heavy atom. The van der Waals surface area contributed by atoms with E-state index in [1.54, 1.807) is 6.58 Å². The lowest BCUT2D eigenvalue weighted by Crippen LogP contribution is -2.76. The van der Waals surface area contributed by atoms with Crippen LogP contribution in [0, 0.1) is 0 Å². The predicted octanol–water partition coefficient (Wildman–Crippen LogP) is 7.71. The lowest BCUT2D eigenvalue weighted by Gasteiger charge is -2.44. The fraction of sp³-hybridized carbons (Fsp3) is 0.667. The Bertz CT molecular complexity index is 882. The van der Waals surface area contributed by atoms with Crippen LogP contribution >= 0.6 is 0 Å². The Labute approximate surface area is 194 Å². The molecule has 0 aromatic heterocycles. The molecule has 2 nitrogen and oxygen atoms in total. The van der Waals surface area contributed by atoms with Gasteiger partial charge >= 0.3 is 65.4 Å². The highest BCUT2D eigenvalue weighted by atomic mass is 19.4. The average Bonchev–Trinajstić information content (AvgIpc) is 2.71. The molecule has 0 heterocycles. The number of carbonyl (C=O) groups is 1. The summed E-state index contributed by atoms with van der Waals surface area (Å²) in [6, 6.07) is 0. The third-order valence-electron chi connectivity index (χ3n) is 3.97. The number of halogens is 21. The first-order chi connectivity index (χ1) is 16.1. The van der Waals surface area contributed by atoms with Gasteiger partial charge in [0, 0.05) is 6.08 Å². The van der Waals surface area contributed by atoms with Crippen LogP contribution in [0.2, 0.25) is 0 Å². The Morgan fingerprint density at radius 1 is 0.447 bits per heavy atom. The number of carboxylic acids is 1. The monoisotopic (exact) mass is 618 g/mol. The Balaban J connectivity index is 0. The first kappa shape index (κ1) is 37.6. The first-order valence-corrected chi connectivity index (χ1v) is 8.04. The topological polar surface area (TPSA) is 37.3 Å². The summed E-state index contributed by atoms with van der Waals surface area (Å²) >= 11 is 0. The molecule has 0 radical (unpaired) electrons. The van der Waals surface area contributed by atoms with E-state index in [0.29, 0.717) is 0 Å². The molecule has 0 aromatic carbocycles. The van der Waals surface area contributed by atoms with Crippen molar-refractivity contribution in [2.75, 3.05) is 0 Å². The van der Waals surface area contributed by atoms with Crippen molar-refractivity contribution in [3.8, 4) is 0 Å². The van der Waals surface area contributed by atoms with Gasteiger partial charge in [-0.25, -0.2) is 4.79 Å². The fourth-order valence-corrected chi connectivity index (χ4v) is 1.70. The second-order valence-corrected chi connectivity index (χ2v) is 6.46. The standard InChI is InChI=1S/C12H3F21.C3H4O2/c1-2-3(13,14)4(15,16)5(17,18)6(19,20)7(21,22)8(23,24)9(25,26)10(27,28)11(29,30)12(31,32)33;1-2-3(4)5/h2H,1H2;2H,1H2,(H,4,5). The molecule has 226 valence electrons. The summed E-state index contributed by atoms with van der Waals surface area (Å²) in [6.07, 6.45) is -8.81. The Hall–Kier alpha value is -2.52. The zero-order chi connectivity index (χ0) is 32.0. The highest BCUT2D eigenvalue weighted by Crippen LogP contribution is 2.66. The van der Waals surface area contributed by atoms with Crippen molar-refractivity contribution in [3.63, 3.8) is 0 Å². The minimum Gasteiger partial charge on any atom is -0.478 e. The highest BCUT2D eigenvalue weighted by Gasteiger charge is 2.97.